The SMILES string of the molecule is CCCCC(CC)(CC)C(=O)O.OCCOCCOCCOCCOCCO. The fourth-order valence-electron chi connectivity index (χ4n) is 2.42. The largest absolute Gasteiger partial charge is 0.481 e. The molecule has 0 bridgehead atoms. The topological polar surface area (TPSA) is 115 Å². The van der Waals surface area contributed by atoms with Crippen LogP contribution in [-0.2, 0) is 23.7 Å². The van der Waals surface area contributed by atoms with Crippen molar-refractivity contribution in [3.05, 3.63) is 0 Å². The minimum absolute atomic E-state index is 0.0386. The molecule has 0 aromatic heterocycles. The molecule has 0 heterocycles. The third kappa shape index (κ3) is 17.3. The van der Waals surface area contributed by atoms with E-state index in [4.69, 9.17) is 34.3 Å². The van der Waals surface area contributed by atoms with Crippen LogP contribution < -0.4 is 0 Å². The Bertz CT molecular complexity index is 307. The van der Waals surface area contributed by atoms with Crippen molar-refractivity contribution in [3.63, 3.8) is 0 Å². The molecule has 0 aromatic carbocycles. The summed E-state index contributed by atoms with van der Waals surface area (Å²) in [6.07, 6.45) is 4.42. The van der Waals surface area contributed by atoms with E-state index in [-0.39, 0.29) is 13.2 Å². The standard InChI is InChI=1S/C10H22O6.C10H20O2/c11-1-3-13-5-7-15-9-10-16-8-6-14-4-2-12;1-4-7-8-10(5-2,6-3)9(11)12/h11-12H,1-10H2;4-8H2,1-3H3,(H,11,12). The summed E-state index contributed by atoms with van der Waals surface area (Å²) in [6.45, 7) is 9.82. The van der Waals surface area contributed by atoms with E-state index in [2.05, 4.69) is 6.92 Å². The average Bonchev–Trinajstić information content (AvgIpc) is 2.70. The highest BCUT2D eigenvalue weighted by Gasteiger charge is 2.33. The number of hydrogen-bond donors (Lipinski definition) is 3. The molecule has 8 heteroatoms. The van der Waals surface area contributed by atoms with E-state index >= 15 is 0 Å². The minimum Gasteiger partial charge on any atom is -0.481 e. The molecule has 0 saturated carbocycles. The summed E-state index contributed by atoms with van der Waals surface area (Å²) in [5.74, 6) is -0.624. The lowest BCUT2D eigenvalue weighted by Crippen LogP contribution is -2.29. The minimum atomic E-state index is -0.624. The maximum absolute atomic E-state index is 11.0. The molecule has 8 nitrogen and oxygen atoms in total. The van der Waals surface area contributed by atoms with Gasteiger partial charge in [0.1, 0.15) is 0 Å². The number of ether oxygens (including phenoxy) is 4. The number of aliphatic hydroxyl groups is 2. The Hall–Kier alpha value is -0.770. The Balaban J connectivity index is 0. The number of rotatable bonds is 19. The zero-order valence-electron chi connectivity index (χ0n) is 18.0. The van der Waals surface area contributed by atoms with Gasteiger partial charge in [-0.3, -0.25) is 4.79 Å². The van der Waals surface area contributed by atoms with Gasteiger partial charge in [-0.05, 0) is 19.3 Å². The second-order valence-corrected chi connectivity index (χ2v) is 6.29. The summed E-state index contributed by atoms with van der Waals surface area (Å²) < 4.78 is 20.4. The average molecular weight is 411 g/mol. The maximum atomic E-state index is 11.0. The summed E-state index contributed by atoms with van der Waals surface area (Å²) in [5.41, 5.74) is -0.448. The van der Waals surface area contributed by atoms with Gasteiger partial charge in [0, 0.05) is 0 Å². The van der Waals surface area contributed by atoms with Crippen LogP contribution in [0.3, 0.4) is 0 Å². The number of carboxylic acids is 1. The molecule has 170 valence electrons. The molecule has 3 N–H and O–H groups in total. The Morgan fingerprint density at radius 3 is 1.32 bits per heavy atom. The first-order chi connectivity index (χ1) is 13.5. The zero-order chi connectivity index (χ0) is 21.5. The number of unbranched alkanes of at least 4 members (excludes halogenated alkanes) is 1. The number of carbonyl (C=O) groups is 1. The molecule has 0 spiro atoms. The van der Waals surface area contributed by atoms with E-state index in [9.17, 15) is 4.79 Å². The number of aliphatic hydroxyl groups excluding tert-OH is 2. The van der Waals surface area contributed by atoms with Gasteiger partial charge in [0.25, 0.3) is 0 Å². The van der Waals surface area contributed by atoms with E-state index < -0.39 is 11.4 Å². The lowest BCUT2D eigenvalue weighted by Gasteiger charge is -2.26. The molecular formula is C20H42O8. The highest BCUT2D eigenvalue weighted by atomic mass is 16.6. The molecule has 28 heavy (non-hydrogen) atoms. The van der Waals surface area contributed by atoms with Crippen molar-refractivity contribution in [3.8, 4) is 0 Å². The second kappa shape index (κ2) is 22.5. The number of hydrogen-bond acceptors (Lipinski definition) is 7. The molecule has 0 unspecified atom stereocenters. The highest BCUT2D eigenvalue weighted by molar-refractivity contribution is 5.74. The first-order valence-electron chi connectivity index (χ1n) is 10.3. The van der Waals surface area contributed by atoms with Crippen LogP contribution in [0.1, 0.15) is 52.9 Å². The molecule has 0 rings (SSSR count). The van der Waals surface area contributed by atoms with Crippen molar-refractivity contribution in [1.82, 2.24) is 0 Å². The van der Waals surface area contributed by atoms with E-state index in [1.54, 1.807) is 0 Å². The molecule has 0 aliphatic heterocycles. The quantitative estimate of drug-likeness (QED) is 0.277. The van der Waals surface area contributed by atoms with E-state index in [1.807, 2.05) is 13.8 Å². The van der Waals surface area contributed by atoms with Crippen molar-refractivity contribution < 1.29 is 39.1 Å². The fourth-order valence-corrected chi connectivity index (χ4v) is 2.42. The summed E-state index contributed by atoms with van der Waals surface area (Å²) in [4.78, 5) is 11.0. The van der Waals surface area contributed by atoms with E-state index in [1.165, 1.54) is 0 Å². The monoisotopic (exact) mass is 410 g/mol. The van der Waals surface area contributed by atoms with Crippen molar-refractivity contribution >= 4 is 5.97 Å². The van der Waals surface area contributed by atoms with Gasteiger partial charge in [-0.2, -0.15) is 0 Å². The first kappa shape index (κ1) is 29.4. The summed E-state index contributed by atoms with van der Waals surface area (Å²) in [5, 5.41) is 25.9. The molecule has 0 saturated heterocycles. The molecule has 0 aliphatic carbocycles. The van der Waals surface area contributed by atoms with E-state index in [0.717, 1.165) is 32.1 Å². The van der Waals surface area contributed by atoms with Gasteiger partial charge in [-0.25, -0.2) is 0 Å². The van der Waals surface area contributed by atoms with Crippen LogP contribution in [0.15, 0.2) is 0 Å². The van der Waals surface area contributed by atoms with Gasteiger partial charge in [0.05, 0.1) is 71.5 Å². The first-order valence-corrected chi connectivity index (χ1v) is 10.3. The zero-order valence-corrected chi connectivity index (χ0v) is 18.0. The fraction of sp³-hybridized carbons (Fsp3) is 0.950. The molecule has 0 amide bonds. The van der Waals surface area contributed by atoms with Gasteiger partial charge in [-0.15, -0.1) is 0 Å². The van der Waals surface area contributed by atoms with Gasteiger partial charge >= 0.3 is 5.97 Å². The van der Waals surface area contributed by atoms with Crippen LogP contribution in [0.2, 0.25) is 0 Å². The van der Waals surface area contributed by atoms with Crippen molar-refractivity contribution in [1.29, 1.82) is 0 Å². The van der Waals surface area contributed by atoms with Crippen molar-refractivity contribution in [2.75, 3.05) is 66.1 Å². The Labute approximate surface area is 170 Å². The number of carboxylic acid groups (broad SMARTS) is 1. The Morgan fingerprint density at radius 2 is 1.07 bits per heavy atom. The van der Waals surface area contributed by atoms with Crippen LogP contribution in [0.4, 0.5) is 0 Å². The van der Waals surface area contributed by atoms with Gasteiger partial charge < -0.3 is 34.3 Å². The third-order valence-corrected chi connectivity index (χ3v) is 4.40. The Morgan fingerprint density at radius 1 is 0.714 bits per heavy atom. The second-order valence-electron chi connectivity index (χ2n) is 6.29. The molecule has 0 aromatic rings. The normalized spacial score (nSPS) is 11.2. The van der Waals surface area contributed by atoms with Crippen molar-refractivity contribution in [2.24, 2.45) is 5.41 Å². The predicted molar refractivity (Wildman–Crippen MR) is 108 cm³/mol. The molecule has 0 radical (unpaired) electrons. The van der Waals surface area contributed by atoms with E-state index in [0.29, 0.717) is 52.9 Å². The van der Waals surface area contributed by atoms with Gasteiger partial charge in [0.15, 0.2) is 0 Å². The molecule has 0 fully saturated rings. The van der Waals surface area contributed by atoms with Crippen molar-refractivity contribution in [2.45, 2.75) is 52.9 Å². The van der Waals surface area contributed by atoms with Crippen LogP contribution in [0, 0.1) is 5.41 Å². The van der Waals surface area contributed by atoms with Crippen LogP contribution in [0.5, 0.6) is 0 Å². The lowest BCUT2D eigenvalue weighted by molar-refractivity contribution is -0.150. The van der Waals surface area contributed by atoms with Gasteiger partial charge in [-0.1, -0.05) is 33.6 Å². The predicted octanol–water partition coefficient (Wildman–Crippen LogP) is 2.11. The highest BCUT2D eigenvalue weighted by Crippen LogP contribution is 2.32. The summed E-state index contributed by atoms with van der Waals surface area (Å²) >= 11 is 0. The third-order valence-electron chi connectivity index (χ3n) is 4.40. The van der Waals surface area contributed by atoms with Gasteiger partial charge in [0.2, 0.25) is 0 Å². The molecule has 0 atom stereocenters. The lowest BCUT2D eigenvalue weighted by atomic mass is 9.78. The molecular weight excluding hydrogens is 368 g/mol. The number of aliphatic carboxylic acids is 1. The van der Waals surface area contributed by atoms with Crippen LogP contribution in [-0.4, -0.2) is 87.4 Å². The summed E-state index contributed by atoms with van der Waals surface area (Å²) in [6, 6.07) is 0. The maximum Gasteiger partial charge on any atom is 0.309 e. The smallest absolute Gasteiger partial charge is 0.309 e. The van der Waals surface area contributed by atoms with Crippen LogP contribution in [0.25, 0.3) is 0 Å². The molecule has 0 aliphatic rings. The Kier molecular flexibility index (Phi) is 23.7. The summed E-state index contributed by atoms with van der Waals surface area (Å²) in [7, 11) is 0. The van der Waals surface area contributed by atoms with Crippen LogP contribution >= 0.6 is 0 Å².